The SMILES string of the molecule is CCCc1ccc(C#N)c(S[C@@H](CC)C(=O)Nc2sc3c(c2C#N)CCCC3)n1. The second kappa shape index (κ2) is 9.91. The summed E-state index contributed by atoms with van der Waals surface area (Å²) in [6.45, 7) is 4.03. The molecule has 150 valence electrons. The van der Waals surface area contributed by atoms with Gasteiger partial charge in [0.25, 0.3) is 0 Å². The number of hydrogen-bond acceptors (Lipinski definition) is 6. The van der Waals surface area contributed by atoms with Gasteiger partial charge < -0.3 is 5.32 Å². The van der Waals surface area contributed by atoms with Crippen LogP contribution in [0.3, 0.4) is 0 Å². The van der Waals surface area contributed by atoms with Crippen LogP contribution in [-0.4, -0.2) is 16.1 Å². The molecule has 1 N–H and O–H groups in total. The zero-order chi connectivity index (χ0) is 20.8. The number of carbonyl (C=O) groups excluding carboxylic acids is 1. The van der Waals surface area contributed by atoms with Gasteiger partial charge in [0.05, 0.1) is 16.4 Å². The predicted octanol–water partition coefficient (Wildman–Crippen LogP) is 5.23. The smallest absolute Gasteiger partial charge is 0.238 e. The summed E-state index contributed by atoms with van der Waals surface area (Å²) in [6.07, 6.45) is 6.54. The standard InChI is InChI=1S/C22H24N4OS2/c1-3-7-15-11-10-14(12-23)21(25-15)28-18(4-2)20(27)26-22-17(13-24)16-8-5-6-9-19(16)29-22/h10-11,18H,3-9H2,1-2H3,(H,26,27)/t18-/m0/s1. The largest absolute Gasteiger partial charge is 0.316 e. The molecule has 0 spiro atoms. The normalized spacial score (nSPS) is 13.8. The Balaban J connectivity index is 1.80. The first-order chi connectivity index (χ1) is 14.1. The monoisotopic (exact) mass is 424 g/mol. The number of nitrogens with one attached hydrogen (secondary N) is 1. The second-order valence-electron chi connectivity index (χ2n) is 7.05. The number of anilines is 1. The molecule has 2 heterocycles. The van der Waals surface area contributed by atoms with Crippen LogP contribution in [0.1, 0.15) is 66.8 Å². The molecule has 7 heteroatoms. The van der Waals surface area contributed by atoms with Gasteiger partial charge in [-0.15, -0.1) is 11.3 Å². The van der Waals surface area contributed by atoms with E-state index in [1.54, 1.807) is 6.07 Å². The van der Waals surface area contributed by atoms with Gasteiger partial charge in [-0.2, -0.15) is 10.5 Å². The van der Waals surface area contributed by atoms with Crippen LogP contribution in [0.2, 0.25) is 0 Å². The van der Waals surface area contributed by atoms with Crippen molar-refractivity contribution in [3.05, 3.63) is 39.4 Å². The molecule has 5 nitrogen and oxygen atoms in total. The molecule has 0 saturated heterocycles. The van der Waals surface area contributed by atoms with Crippen molar-refractivity contribution in [3.63, 3.8) is 0 Å². The number of carbonyl (C=O) groups is 1. The molecule has 1 atom stereocenters. The molecule has 1 aliphatic carbocycles. The minimum absolute atomic E-state index is 0.140. The van der Waals surface area contributed by atoms with Crippen molar-refractivity contribution in [2.24, 2.45) is 0 Å². The maximum atomic E-state index is 13.0. The molecule has 2 aromatic rings. The Kier molecular flexibility index (Phi) is 7.30. The highest BCUT2D eigenvalue weighted by Crippen LogP contribution is 2.38. The van der Waals surface area contributed by atoms with E-state index in [0.29, 0.717) is 27.6 Å². The number of rotatable bonds is 7. The van der Waals surface area contributed by atoms with Crippen LogP contribution < -0.4 is 5.32 Å². The van der Waals surface area contributed by atoms with E-state index in [1.807, 2.05) is 13.0 Å². The summed E-state index contributed by atoms with van der Waals surface area (Å²) < 4.78 is 0. The number of amides is 1. The number of thiophene rings is 1. The number of aryl methyl sites for hydroxylation is 2. The van der Waals surface area contributed by atoms with Gasteiger partial charge >= 0.3 is 0 Å². The van der Waals surface area contributed by atoms with Crippen LogP contribution >= 0.6 is 23.1 Å². The van der Waals surface area contributed by atoms with E-state index in [9.17, 15) is 15.3 Å². The molecule has 3 rings (SSSR count). The molecule has 2 aromatic heterocycles. The Morgan fingerprint density at radius 2 is 2.07 bits per heavy atom. The summed E-state index contributed by atoms with van der Waals surface area (Å²) in [5.74, 6) is -0.140. The molecular weight excluding hydrogens is 400 g/mol. The van der Waals surface area contributed by atoms with Crippen LogP contribution in [0.15, 0.2) is 17.2 Å². The third kappa shape index (κ3) is 4.80. The summed E-state index contributed by atoms with van der Waals surface area (Å²) in [7, 11) is 0. The van der Waals surface area contributed by atoms with Crippen molar-refractivity contribution < 1.29 is 4.79 Å². The van der Waals surface area contributed by atoms with Crippen LogP contribution in [0.25, 0.3) is 0 Å². The maximum absolute atomic E-state index is 13.0. The number of nitrogens with zero attached hydrogens (tertiary/aromatic N) is 3. The first kappa shape index (κ1) is 21.4. The fourth-order valence-corrected chi connectivity index (χ4v) is 5.73. The van der Waals surface area contributed by atoms with Gasteiger partial charge in [0.2, 0.25) is 5.91 Å². The van der Waals surface area contributed by atoms with Crippen molar-refractivity contribution in [2.75, 3.05) is 5.32 Å². The predicted molar refractivity (Wildman–Crippen MR) is 117 cm³/mol. The Morgan fingerprint density at radius 1 is 1.28 bits per heavy atom. The molecule has 29 heavy (non-hydrogen) atoms. The van der Waals surface area contributed by atoms with Gasteiger partial charge in [0, 0.05) is 10.6 Å². The van der Waals surface area contributed by atoms with Gasteiger partial charge in [0.1, 0.15) is 22.2 Å². The highest BCUT2D eigenvalue weighted by atomic mass is 32.2. The highest BCUT2D eigenvalue weighted by Gasteiger charge is 2.25. The van der Waals surface area contributed by atoms with Crippen molar-refractivity contribution in [3.8, 4) is 12.1 Å². The molecule has 0 radical (unpaired) electrons. The van der Waals surface area contributed by atoms with E-state index < -0.39 is 0 Å². The molecule has 1 aliphatic rings. The van der Waals surface area contributed by atoms with Gasteiger partial charge in [-0.3, -0.25) is 4.79 Å². The quantitative estimate of drug-likeness (QED) is 0.615. The third-order valence-corrected chi connectivity index (χ3v) is 7.56. The first-order valence-electron chi connectivity index (χ1n) is 10.0. The number of thioether (sulfide) groups is 1. The summed E-state index contributed by atoms with van der Waals surface area (Å²) in [5, 5.41) is 22.9. The second-order valence-corrected chi connectivity index (χ2v) is 9.34. The lowest BCUT2D eigenvalue weighted by molar-refractivity contribution is -0.115. The van der Waals surface area contributed by atoms with Gasteiger partial charge in [-0.1, -0.05) is 32.0 Å². The summed E-state index contributed by atoms with van der Waals surface area (Å²) >= 11 is 2.87. The van der Waals surface area contributed by atoms with E-state index in [4.69, 9.17) is 0 Å². The molecule has 0 unspecified atom stereocenters. The average molecular weight is 425 g/mol. The lowest BCUT2D eigenvalue weighted by Crippen LogP contribution is -2.24. The van der Waals surface area contributed by atoms with Gasteiger partial charge in [-0.25, -0.2) is 4.98 Å². The Labute approximate surface area is 180 Å². The molecule has 0 aliphatic heterocycles. The van der Waals surface area contributed by atoms with E-state index in [2.05, 4.69) is 29.4 Å². The minimum atomic E-state index is -0.378. The van der Waals surface area contributed by atoms with E-state index in [0.717, 1.165) is 49.8 Å². The van der Waals surface area contributed by atoms with Crippen molar-refractivity contribution in [1.82, 2.24) is 4.98 Å². The summed E-state index contributed by atoms with van der Waals surface area (Å²) in [5.41, 5.74) is 3.16. The molecule has 0 fully saturated rings. The van der Waals surface area contributed by atoms with Gasteiger partial charge in [-0.05, 0) is 56.2 Å². The van der Waals surface area contributed by atoms with Crippen molar-refractivity contribution >= 4 is 34.0 Å². The maximum Gasteiger partial charge on any atom is 0.238 e. The number of fused-ring (bicyclic) bond motifs is 1. The Morgan fingerprint density at radius 3 is 2.76 bits per heavy atom. The summed E-state index contributed by atoms with van der Waals surface area (Å²) in [4.78, 5) is 18.8. The van der Waals surface area contributed by atoms with E-state index >= 15 is 0 Å². The van der Waals surface area contributed by atoms with Crippen LogP contribution in [0, 0.1) is 22.7 Å². The van der Waals surface area contributed by atoms with Crippen molar-refractivity contribution in [1.29, 1.82) is 10.5 Å². The van der Waals surface area contributed by atoms with Crippen LogP contribution in [0.4, 0.5) is 5.00 Å². The molecule has 0 saturated carbocycles. The summed E-state index contributed by atoms with van der Waals surface area (Å²) in [6, 6.07) is 8.13. The highest BCUT2D eigenvalue weighted by molar-refractivity contribution is 8.00. The molecule has 0 bridgehead atoms. The van der Waals surface area contributed by atoms with Crippen molar-refractivity contribution in [2.45, 2.75) is 69.1 Å². The Hall–Kier alpha value is -2.35. The van der Waals surface area contributed by atoms with Crippen LogP contribution in [-0.2, 0) is 24.1 Å². The lowest BCUT2D eigenvalue weighted by atomic mass is 9.96. The van der Waals surface area contributed by atoms with Crippen LogP contribution in [0.5, 0.6) is 0 Å². The minimum Gasteiger partial charge on any atom is -0.316 e. The molecular formula is C22H24N4OS2. The topological polar surface area (TPSA) is 89.6 Å². The third-order valence-electron chi connectivity index (χ3n) is 4.98. The zero-order valence-electron chi connectivity index (χ0n) is 16.7. The molecule has 0 aromatic carbocycles. The number of hydrogen-bond donors (Lipinski definition) is 1. The number of pyridine rings is 1. The lowest BCUT2D eigenvalue weighted by Gasteiger charge is -2.15. The Bertz CT molecular complexity index is 984. The van der Waals surface area contributed by atoms with Gasteiger partial charge in [0.15, 0.2) is 0 Å². The molecule has 1 amide bonds. The average Bonchev–Trinajstić information content (AvgIpc) is 3.09. The van der Waals surface area contributed by atoms with E-state index in [-0.39, 0.29) is 11.2 Å². The fourth-order valence-electron chi connectivity index (χ4n) is 3.47. The zero-order valence-corrected chi connectivity index (χ0v) is 18.4. The number of aromatic nitrogens is 1. The fraction of sp³-hybridized carbons (Fsp3) is 0.455. The van der Waals surface area contributed by atoms with E-state index in [1.165, 1.54) is 28.0 Å². The first-order valence-corrected chi connectivity index (χ1v) is 11.7. The number of nitriles is 2.